The van der Waals surface area contributed by atoms with Crippen LogP contribution in [0.15, 0.2) is 11.6 Å². The van der Waals surface area contributed by atoms with Crippen LogP contribution in [0.3, 0.4) is 0 Å². The molecule has 1 rings (SSSR count). The number of rotatable bonds is 4. The van der Waals surface area contributed by atoms with Crippen molar-refractivity contribution in [2.24, 2.45) is 0 Å². The molecule has 16 heavy (non-hydrogen) atoms. The third kappa shape index (κ3) is 4.47. The van der Waals surface area contributed by atoms with E-state index in [-0.39, 0.29) is 18.5 Å². The predicted octanol–water partition coefficient (Wildman–Crippen LogP) is 2.28. The maximum absolute atomic E-state index is 11.5. The summed E-state index contributed by atoms with van der Waals surface area (Å²) in [7, 11) is 0. The Morgan fingerprint density at radius 1 is 1.31 bits per heavy atom. The van der Waals surface area contributed by atoms with E-state index in [1.807, 2.05) is 0 Å². The number of carbonyl (C=O) groups excluding carboxylic acids is 1. The van der Waals surface area contributed by atoms with Crippen LogP contribution in [0.4, 0.5) is 0 Å². The maximum atomic E-state index is 11.5. The number of carbonyl (C=O) groups is 2. The number of carboxylic acid groups (broad SMARTS) is 1. The van der Waals surface area contributed by atoms with Crippen LogP contribution < -0.4 is 0 Å². The van der Waals surface area contributed by atoms with Gasteiger partial charge in [-0.1, -0.05) is 12.5 Å². The van der Waals surface area contributed by atoms with Crippen LogP contribution in [0.25, 0.3) is 0 Å². The smallest absolute Gasteiger partial charge is 0.333 e. The number of hydrogen-bond donors (Lipinski definition) is 1. The lowest BCUT2D eigenvalue weighted by molar-refractivity contribution is -0.145. The second-order valence-electron chi connectivity index (χ2n) is 4.15. The van der Waals surface area contributed by atoms with Gasteiger partial charge in [0.2, 0.25) is 0 Å². The molecule has 0 spiro atoms. The second kappa shape index (κ2) is 6.30. The lowest BCUT2D eigenvalue weighted by atomic mass is 9.98. The van der Waals surface area contributed by atoms with E-state index < -0.39 is 5.97 Å². The van der Waals surface area contributed by atoms with Crippen molar-refractivity contribution in [3.05, 3.63) is 11.6 Å². The SMILES string of the molecule is CC(=CCC(=O)O)C(=O)OC1CCCCC1. The van der Waals surface area contributed by atoms with Crippen LogP contribution in [-0.2, 0) is 14.3 Å². The molecule has 1 N–H and O–H groups in total. The lowest BCUT2D eigenvalue weighted by Gasteiger charge is -2.21. The highest BCUT2D eigenvalue weighted by Gasteiger charge is 2.18. The van der Waals surface area contributed by atoms with Gasteiger partial charge in [-0.3, -0.25) is 4.79 Å². The van der Waals surface area contributed by atoms with Gasteiger partial charge in [0, 0.05) is 5.57 Å². The summed E-state index contributed by atoms with van der Waals surface area (Å²) in [5, 5.41) is 8.47. The topological polar surface area (TPSA) is 63.6 Å². The quantitative estimate of drug-likeness (QED) is 0.590. The van der Waals surface area contributed by atoms with Crippen LogP contribution in [0.5, 0.6) is 0 Å². The molecular weight excluding hydrogens is 208 g/mol. The van der Waals surface area contributed by atoms with Gasteiger partial charge in [0.15, 0.2) is 0 Å². The van der Waals surface area contributed by atoms with Gasteiger partial charge in [0.05, 0.1) is 6.42 Å². The summed E-state index contributed by atoms with van der Waals surface area (Å²) in [6, 6.07) is 0. The first kappa shape index (κ1) is 12.7. The average molecular weight is 226 g/mol. The van der Waals surface area contributed by atoms with Gasteiger partial charge in [0.1, 0.15) is 6.10 Å². The minimum Gasteiger partial charge on any atom is -0.481 e. The molecule has 0 aromatic carbocycles. The number of esters is 1. The Morgan fingerprint density at radius 3 is 2.50 bits per heavy atom. The maximum Gasteiger partial charge on any atom is 0.333 e. The summed E-state index contributed by atoms with van der Waals surface area (Å²) in [6.45, 7) is 1.59. The average Bonchev–Trinajstić information content (AvgIpc) is 2.27. The molecule has 0 aliphatic heterocycles. The van der Waals surface area contributed by atoms with Gasteiger partial charge in [-0.2, -0.15) is 0 Å². The van der Waals surface area contributed by atoms with Crippen LogP contribution >= 0.6 is 0 Å². The Bertz CT molecular complexity index is 287. The highest BCUT2D eigenvalue weighted by atomic mass is 16.5. The summed E-state index contributed by atoms with van der Waals surface area (Å²) in [5.41, 5.74) is 0.382. The number of ether oxygens (including phenoxy) is 1. The monoisotopic (exact) mass is 226 g/mol. The zero-order valence-corrected chi connectivity index (χ0v) is 9.57. The van der Waals surface area contributed by atoms with Crippen molar-refractivity contribution in [2.75, 3.05) is 0 Å². The Hall–Kier alpha value is -1.32. The van der Waals surface area contributed by atoms with Crippen molar-refractivity contribution in [3.63, 3.8) is 0 Å². The van der Waals surface area contributed by atoms with Crippen molar-refractivity contribution in [1.29, 1.82) is 0 Å². The molecule has 0 unspecified atom stereocenters. The summed E-state index contributed by atoms with van der Waals surface area (Å²) < 4.78 is 5.29. The summed E-state index contributed by atoms with van der Waals surface area (Å²) in [6.07, 6.45) is 6.57. The van der Waals surface area contributed by atoms with Gasteiger partial charge < -0.3 is 9.84 Å². The molecule has 0 radical (unpaired) electrons. The molecule has 0 saturated heterocycles. The van der Waals surface area contributed by atoms with E-state index in [0.29, 0.717) is 5.57 Å². The van der Waals surface area contributed by atoms with Crippen LogP contribution in [-0.4, -0.2) is 23.1 Å². The largest absolute Gasteiger partial charge is 0.481 e. The van der Waals surface area contributed by atoms with E-state index in [1.165, 1.54) is 12.5 Å². The van der Waals surface area contributed by atoms with E-state index >= 15 is 0 Å². The molecule has 90 valence electrons. The van der Waals surface area contributed by atoms with E-state index in [2.05, 4.69) is 0 Å². The molecule has 0 aromatic rings. The van der Waals surface area contributed by atoms with Crippen molar-refractivity contribution in [1.82, 2.24) is 0 Å². The molecule has 1 aliphatic carbocycles. The third-order valence-corrected chi connectivity index (χ3v) is 2.73. The highest BCUT2D eigenvalue weighted by molar-refractivity contribution is 5.88. The summed E-state index contributed by atoms with van der Waals surface area (Å²) >= 11 is 0. The van der Waals surface area contributed by atoms with Crippen molar-refractivity contribution < 1.29 is 19.4 Å². The lowest BCUT2D eigenvalue weighted by Crippen LogP contribution is -2.21. The number of aliphatic carboxylic acids is 1. The standard InChI is InChI=1S/C12H18O4/c1-9(7-8-11(13)14)12(15)16-10-5-3-2-4-6-10/h7,10H,2-6,8H2,1H3,(H,13,14). The van der Waals surface area contributed by atoms with Crippen molar-refractivity contribution in [3.8, 4) is 0 Å². The Labute approximate surface area is 95.3 Å². The van der Waals surface area contributed by atoms with Gasteiger partial charge in [-0.25, -0.2) is 4.79 Å². The van der Waals surface area contributed by atoms with E-state index in [0.717, 1.165) is 25.7 Å². The van der Waals surface area contributed by atoms with Crippen molar-refractivity contribution >= 4 is 11.9 Å². The first-order chi connectivity index (χ1) is 7.59. The summed E-state index contributed by atoms with van der Waals surface area (Å²) in [4.78, 5) is 21.9. The molecule has 0 heterocycles. The molecule has 0 amide bonds. The van der Waals surface area contributed by atoms with Crippen LogP contribution in [0.1, 0.15) is 45.4 Å². The molecule has 0 atom stereocenters. The van der Waals surface area contributed by atoms with E-state index in [1.54, 1.807) is 6.92 Å². The molecule has 1 aliphatic rings. The third-order valence-electron chi connectivity index (χ3n) is 2.73. The van der Waals surface area contributed by atoms with E-state index in [4.69, 9.17) is 9.84 Å². The molecule has 1 saturated carbocycles. The van der Waals surface area contributed by atoms with Crippen LogP contribution in [0, 0.1) is 0 Å². The van der Waals surface area contributed by atoms with Crippen LogP contribution in [0.2, 0.25) is 0 Å². The minimum atomic E-state index is -0.940. The fraction of sp³-hybridized carbons (Fsp3) is 0.667. The predicted molar refractivity (Wildman–Crippen MR) is 59.0 cm³/mol. The Kier molecular flexibility index (Phi) is 5.02. The zero-order valence-electron chi connectivity index (χ0n) is 9.57. The first-order valence-corrected chi connectivity index (χ1v) is 5.69. The Morgan fingerprint density at radius 2 is 1.94 bits per heavy atom. The van der Waals surface area contributed by atoms with Gasteiger partial charge in [-0.05, 0) is 32.6 Å². The van der Waals surface area contributed by atoms with E-state index in [9.17, 15) is 9.59 Å². The van der Waals surface area contributed by atoms with Gasteiger partial charge >= 0.3 is 11.9 Å². The number of hydrogen-bond acceptors (Lipinski definition) is 3. The first-order valence-electron chi connectivity index (χ1n) is 5.69. The van der Waals surface area contributed by atoms with Gasteiger partial charge in [0.25, 0.3) is 0 Å². The van der Waals surface area contributed by atoms with Gasteiger partial charge in [-0.15, -0.1) is 0 Å². The normalized spacial score (nSPS) is 18.2. The molecule has 0 aromatic heterocycles. The Balaban J connectivity index is 2.38. The second-order valence-corrected chi connectivity index (χ2v) is 4.15. The minimum absolute atomic E-state index is 0.0226. The molecule has 1 fully saturated rings. The highest BCUT2D eigenvalue weighted by Crippen LogP contribution is 2.21. The number of carboxylic acids is 1. The summed E-state index contributed by atoms with van der Waals surface area (Å²) in [5.74, 6) is -1.32. The molecule has 4 nitrogen and oxygen atoms in total. The fourth-order valence-corrected chi connectivity index (χ4v) is 1.75. The molecule has 4 heteroatoms. The molecule has 0 bridgehead atoms. The van der Waals surface area contributed by atoms with Crippen molar-refractivity contribution in [2.45, 2.75) is 51.6 Å². The fourth-order valence-electron chi connectivity index (χ4n) is 1.75. The zero-order chi connectivity index (χ0) is 12.0. The molecular formula is C12H18O4.